The molecular formula is C16H16ClN3O2. The van der Waals surface area contributed by atoms with Gasteiger partial charge in [-0.25, -0.2) is 0 Å². The molecule has 1 N–H and O–H groups in total. The van der Waals surface area contributed by atoms with Crippen LogP contribution in [0.15, 0.2) is 30.3 Å². The SMILES string of the molecule is O=C(NC1CC1)c1cc2n(n1)CC(c1ccc(Cl)cc1)OC2. The standard InChI is InChI=1S/C16H16ClN3O2/c17-11-3-1-10(2-4-11)15-8-20-13(9-22-15)7-14(19-20)16(21)18-12-5-6-12/h1-4,7,12,15H,5-6,8-9H2,(H,18,21). The second-order valence-electron chi connectivity index (χ2n) is 5.80. The van der Waals surface area contributed by atoms with Crippen molar-refractivity contribution in [2.24, 2.45) is 0 Å². The van der Waals surface area contributed by atoms with Gasteiger partial charge in [-0.1, -0.05) is 23.7 Å². The molecule has 1 atom stereocenters. The Labute approximate surface area is 133 Å². The molecule has 1 unspecified atom stereocenters. The lowest BCUT2D eigenvalue weighted by Gasteiger charge is -2.24. The Morgan fingerprint density at radius 2 is 2.09 bits per heavy atom. The van der Waals surface area contributed by atoms with Crippen LogP contribution in [-0.2, 0) is 17.9 Å². The van der Waals surface area contributed by atoms with Gasteiger partial charge in [0.1, 0.15) is 6.10 Å². The van der Waals surface area contributed by atoms with E-state index in [0.29, 0.717) is 29.9 Å². The first-order valence-corrected chi connectivity index (χ1v) is 7.81. The normalized spacial score (nSPS) is 20.5. The summed E-state index contributed by atoms with van der Waals surface area (Å²) < 4.78 is 7.75. The van der Waals surface area contributed by atoms with Crippen LogP contribution in [-0.4, -0.2) is 21.7 Å². The number of rotatable bonds is 3. The average Bonchev–Trinajstić information content (AvgIpc) is 3.23. The molecule has 1 saturated carbocycles. The maximum Gasteiger partial charge on any atom is 0.272 e. The van der Waals surface area contributed by atoms with Gasteiger partial charge in [0, 0.05) is 11.1 Å². The molecule has 0 saturated heterocycles. The maximum atomic E-state index is 12.1. The monoisotopic (exact) mass is 317 g/mol. The highest BCUT2D eigenvalue weighted by Gasteiger charge is 2.27. The summed E-state index contributed by atoms with van der Waals surface area (Å²) in [6.45, 7) is 1.06. The summed E-state index contributed by atoms with van der Waals surface area (Å²) in [5, 5.41) is 8.09. The smallest absolute Gasteiger partial charge is 0.272 e. The highest BCUT2D eigenvalue weighted by atomic mass is 35.5. The van der Waals surface area contributed by atoms with Gasteiger partial charge in [0.05, 0.1) is 18.8 Å². The van der Waals surface area contributed by atoms with Crippen molar-refractivity contribution in [2.75, 3.05) is 0 Å². The number of amides is 1. The van der Waals surface area contributed by atoms with E-state index in [1.165, 1.54) is 0 Å². The van der Waals surface area contributed by atoms with Crippen molar-refractivity contribution in [3.63, 3.8) is 0 Å². The zero-order chi connectivity index (χ0) is 15.1. The Morgan fingerprint density at radius 3 is 2.82 bits per heavy atom. The third-order valence-corrected chi connectivity index (χ3v) is 4.27. The van der Waals surface area contributed by atoms with Crippen LogP contribution in [0.1, 0.15) is 40.7 Å². The quantitative estimate of drug-likeness (QED) is 0.947. The fourth-order valence-corrected chi connectivity index (χ4v) is 2.73. The van der Waals surface area contributed by atoms with Crippen LogP contribution in [0, 0.1) is 0 Å². The Kier molecular flexibility index (Phi) is 3.39. The lowest BCUT2D eigenvalue weighted by Crippen LogP contribution is -2.26. The third-order valence-electron chi connectivity index (χ3n) is 4.02. The van der Waals surface area contributed by atoms with Crippen molar-refractivity contribution in [2.45, 2.75) is 38.1 Å². The van der Waals surface area contributed by atoms with Crippen LogP contribution in [0.3, 0.4) is 0 Å². The van der Waals surface area contributed by atoms with Gasteiger partial charge < -0.3 is 10.1 Å². The van der Waals surface area contributed by atoms with Crippen LogP contribution >= 0.6 is 11.6 Å². The van der Waals surface area contributed by atoms with Crippen LogP contribution in [0.5, 0.6) is 0 Å². The average molecular weight is 318 g/mol. The van der Waals surface area contributed by atoms with E-state index in [2.05, 4.69) is 10.4 Å². The van der Waals surface area contributed by atoms with Crippen molar-refractivity contribution in [3.8, 4) is 0 Å². The number of carbonyl (C=O) groups excluding carboxylic acids is 1. The Hall–Kier alpha value is -1.85. The highest BCUT2D eigenvalue weighted by molar-refractivity contribution is 6.30. The zero-order valence-corrected chi connectivity index (χ0v) is 12.7. The molecule has 2 aromatic rings. The number of hydrogen-bond donors (Lipinski definition) is 1. The molecule has 6 heteroatoms. The summed E-state index contributed by atoms with van der Waals surface area (Å²) in [7, 11) is 0. The number of hydrogen-bond acceptors (Lipinski definition) is 3. The number of nitrogens with zero attached hydrogens (tertiary/aromatic N) is 2. The van der Waals surface area contributed by atoms with E-state index in [4.69, 9.17) is 16.3 Å². The van der Waals surface area contributed by atoms with Gasteiger partial charge in [0.25, 0.3) is 5.91 Å². The van der Waals surface area contributed by atoms with Gasteiger partial charge in [-0.15, -0.1) is 0 Å². The molecule has 0 radical (unpaired) electrons. The number of fused-ring (bicyclic) bond motifs is 1. The predicted molar refractivity (Wildman–Crippen MR) is 81.7 cm³/mol. The molecule has 5 nitrogen and oxygen atoms in total. The number of carbonyl (C=O) groups is 1. The van der Waals surface area contributed by atoms with E-state index in [0.717, 1.165) is 24.1 Å². The van der Waals surface area contributed by atoms with Crippen molar-refractivity contribution in [1.82, 2.24) is 15.1 Å². The molecule has 1 aliphatic heterocycles. The number of nitrogens with one attached hydrogen (secondary N) is 1. The highest BCUT2D eigenvalue weighted by Crippen LogP contribution is 2.27. The van der Waals surface area contributed by atoms with E-state index >= 15 is 0 Å². The number of aromatic nitrogens is 2. The molecule has 0 bridgehead atoms. The summed E-state index contributed by atoms with van der Waals surface area (Å²) in [5.74, 6) is -0.0903. The fourth-order valence-electron chi connectivity index (χ4n) is 2.60. The van der Waals surface area contributed by atoms with E-state index in [-0.39, 0.29) is 12.0 Å². The van der Waals surface area contributed by atoms with Gasteiger partial charge in [-0.2, -0.15) is 5.10 Å². The Morgan fingerprint density at radius 1 is 1.32 bits per heavy atom. The number of halogens is 1. The molecule has 2 heterocycles. The minimum atomic E-state index is -0.0903. The van der Waals surface area contributed by atoms with Gasteiger partial charge in [-0.05, 0) is 36.6 Å². The van der Waals surface area contributed by atoms with E-state index < -0.39 is 0 Å². The third kappa shape index (κ3) is 2.74. The fraction of sp³-hybridized carbons (Fsp3) is 0.375. The molecule has 1 aromatic carbocycles. The van der Waals surface area contributed by atoms with Gasteiger partial charge in [-0.3, -0.25) is 9.48 Å². The second kappa shape index (κ2) is 5.41. The minimum Gasteiger partial charge on any atom is -0.365 e. The summed E-state index contributed by atoms with van der Waals surface area (Å²) in [6, 6.07) is 9.78. The van der Waals surface area contributed by atoms with E-state index in [9.17, 15) is 4.79 Å². The van der Waals surface area contributed by atoms with Crippen molar-refractivity contribution < 1.29 is 9.53 Å². The zero-order valence-electron chi connectivity index (χ0n) is 12.0. The van der Waals surface area contributed by atoms with Gasteiger partial charge >= 0.3 is 0 Å². The van der Waals surface area contributed by atoms with Crippen LogP contribution in [0.4, 0.5) is 0 Å². The van der Waals surface area contributed by atoms with E-state index in [1.807, 2.05) is 35.0 Å². The predicted octanol–water partition coefficient (Wildman–Crippen LogP) is 2.70. The summed E-state index contributed by atoms with van der Waals surface area (Å²) in [5.41, 5.74) is 2.47. The summed E-state index contributed by atoms with van der Waals surface area (Å²) in [4.78, 5) is 12.1. The first-order chi connectivity index (χ1) is 10.7. The van der Waals surface area contributed by atoms with Crippen molar-refractivity contribution in [1.29, 1.82) is 0 Å². The van der Waals surface area contributed by atoms with Gasteiger partial charge in [0.2, 0.25) is 0 Å². The molecule has 114 valence electrons. The van der Waals surface area contributed by atoms with Crippen LogP contribution in [0.2, 0.25) is 5.02 Å². The largest absolute Gasteiger partial charge is 0.365 e. The lowest BCUT2D eigenvalue weighted by atomic mass is 10.1. The summed E-state index contributed by atoms with van der Waals surface area (Å²) >= 11 is 5.91. The molecule has 1 aromatic heterocycles. The number of ether oxygens (including phenoxy) is 1. The van der Waals surface area contributed by atoms with Crippen molar-refractivity contribution >= 4 is 17.5 Å². The maximum absolute atomic E-state index is 12.1. The first kappa shape index (κ1) is 13.8. The molecule has 1 aliphatic carbocycles. The Balaban J connectivity index is 1.51. The van der Waals surface area contributed by atoms with Crippen LogP contribution < -0.4 is 5.32 Å². The molecule has 0 spiro atoms. The topological polar surface area (TPSA) is 56.2 Å². The number of benzene rings is 1. The second-order valence-corrected chi connectivity index (χ2v) is 6.24. The van der Waals surface area contributed by atoms with Crippen LogP contribution in [0.25, 0.3) is 0 Å². The Bertz CT molecular complexity index is 707. The molecule has 2 aliphatic rings. The van der Waals surface area contributed by atoms with Crippen molar-refractivity contribution in [3.05, 3.63) is 52.3 Å². The first-order valence-electron chi connectivity index (χ1n) is 7.44. The summed E-state index contributed by atoms with van der Waals surface area (Å²) in [6.07, 6.45) is 2.08. The minimum absolute atomic E-state index is 0.0657. The molecular weight excluding hydrogens is 302 g/mol. The molecule has 1 fully saturated rings. The lowest BCUT2D eigenvalue weighted by molar-refractivity contribution is -0.00119. The van der Waals surface area contributed by atoms with Gasteiger partial charge in [0.15, 0.2) is 5.69 Å². The molecule has 4 rings (SSSR count). The van der Waals surface area contributed by atoms with E-state index in [1.54, 1.807) is 0 Å². The molecule has 1 amide bonds. The molecule has 22 heavy (non-hydrogen) atoms.